The van der Waals surface area contributed by atoms with Crippen LogP contribution in [0.2, 0.25) is 0 Å². The molecular formula is C21H22N2OS. The monoisotopic (exact) mass is 350 g/mol. The number of ether oxygens (including phenoxy) is 1. The molecule has 0 unspecified atom stereocenters. The number of aryl methyl sites for hydroxylation is 2. The van der Waals surface area contributed by atoms with E-state index in [1.807, 2.05) is 0 Å². The van der Waals surface area contributed by atoms with E-state index in [1.165, 1.54) is 46.2 Å². The molecule has 0 N–H and O–H groups in total. The lowest BCUT2D eigenvalue weighted by Gasteiger charge is -2.27. The van der Waals surface area contributed by atoms with Crippen LogP contribution in [0.25, 0.3) is 21.5 Å². The highest BCUT2D eigenvalue weighted by Crippen LogP contribution is 2.33. The van der Waals surface area contributed by atoms with Crippen molar-refractivity contribution in [1.29, 1.82) is 0 Å². The number of aromatic nitrogens is 1. The summed E-state index contributed by atoms with van der Waals surface area (Å²) in [6, 6.07) is 11.4. The van der Waals surface area contributed by atoms with Crippen molar-refractivity contribution in [3.05, 3.63) is 52.4 Å². The molecule has 2 aliphatic rings. The second-order valence-corrected chi connectivity index (χ2v) is 7.98. The van der Waals surface area contributed by atoms with E-state index in [1.54, 1.807) is 11.3 Å². The van der Waals surface area contributed by atoms with Gasteiger partial charge in [-0.15, -0.1) is 11.3 Å². The maximum absolute atomic E-state index is 5.51. The molecular weight excluding hydrogens is 328 g/mol. The summed E-state index contributed by atoms with van der Waals surface area (Å²) in [5.41, 5.74) is 6.67. The average Bonchev–Trinajstić information content (AvgIpc) is 3.31. The fourth-order valence-electron chi connectivity index (χ4n) is 4.04. The Balaban J connectivity index is 1.62. The molecule has 0 amide bonds. The van der Waals surface area contributed by atoms with Gasteiger partial charge in [-0.3, -0.25) is 4.90 Å². The van der Waals surface area contributed by atoms with Gasteiger partial charge < -0.3 is 4.74 Å². The fourth-order valence-corrected chi connectivity index (χ4v) is 4.79. The van der Waals surface area contributed by atoms with Crippen molar-refractivity contribution in [2.75, 3.05) is 26.3 Å². The summed E-state index contributed by atoms with van der Waals surface area (Å²) in [5.74, 6) is 0. The Morgan fingerprint density at radius 2 is 1.92 bits per heavy atom. The van der Waals surface area contributed by atoms with Gasteiger partial charge in [0.15, 0.2) is 0 Å². The summed E-state index contributed by atoms with van der Waals surface area (Å²) in [5, 5.41) is 3.44. The van der Waals surface area contributed by atoms with E-state index in [4.69, 9.17) is 9.72 Å². The number of pyridine rings is 1. The number of benzene rings is 1. The van der Waals surface area contributed by atoms with E-state index in [2.05, 4.69) is 40.6 Å². The average molecular weight is 350 g/mol. The molecule has 2 aromatic heterocycles. The molecule has 0 atom stereocenters. The van der Waals surface area contributed by atoms with Crippen molar-refractivity contribution in [2.24, 2.45) is 0 Å². The van der Waals surface area contributed by atoms with Crippen molar-refractivity contribution in [1.82, 2.24) is 9.88 Å². The van der Waals surface area contributed by atoms with Crippen molar-refractivity contribution < 1.29 is 4.74 Å². The molecule has 25 heavy (non-hydrogen) atoms. The van der Waals surface area contributed by atoms with E-state index >= 15 is 0 Å². The molecule has 5 rings (SSSR count). The summed E-state index contributed by atoms with van der Waals surface area (Å²) < 4.78 is 5.51. The van der Waals surface area contributed by atoms with Gasteiger partial charge in [-0.25, -0.2) is 4.98 Å². The molecule has 1 fully saturated rings. The number of nitrogens with zero attached hydrogens (tertiary/aromatic N) is 2. The van der Waals surface area contributed by atoms with E-state index < -0.39 is 0 Å². The third kappa shape index (κ3) is 2.99. The zero-order valence-corrected chi connectivity index (χ0v) is 15.1. The summed E-state index contributed by atoms with van der Waals surface area (Å²) >= 11 is 1.78. The number of hydrogen-bond donors (Lipinski definition) is 0. The predicted octanol–water partition coefficient (Wildman–Crippen LogP) is 4.28. The van der Waals surface area contributed by atoms with Gasteiger partial charge in [0.05, 0.1) is 29.3 Å². The minimum Gasteiger partial charge on any atom is -0.379 e. The minimum absolute atomic E-state index is 0.836. The van der Waals surface area contributed by atoms with Gasteiger partial charge in [-0.2, -0.15) is 0 Å². The van der Waals surface area contributed by atoms with E-state index in [-0.39, 0.29) is 0 Å². The first kappa shape index (κ1) is 15.5. The molecule has 128 valence electrons. The summed E-state index contributed by atoms with van der Waals surface area (Å²) in [4.78, 5) is 8.87. The Kier molecular flexibility index (Phi) is 4.04. The zero-order chi connectivity index (χ0) is 16.6. The first-order valence-corrected chi connectivity index (χ1v) is 10.0. The van der Waals surface area contributed by atoms with Gasteiger partial charge in [-0.05, 0) is 65.6 Å². The molecule has 3 aromatic rings. The molecule has 3 heterocycles. The molecule has 1 aromatic carbocycles. The minimum atomic E-state index is 0.836. The Bertz CT molecular complexity index is 898. The molecule has 0 saturated carbocycles. The first-order valence-electron chi connectivity index (χ1n) is 9.16. The highest BCUT2D eigenvalue weighted by atomic mass is 32.1. The standard InChI is InChI=1S/C21H22N2OS/c1-3-15-11-17-12-18(14-23-6-8-24-9-7-23)21(20-5-2-10-25-20)22-19(17)13-16(15)4-1/h2,5,10-13H,1,3-4,6-9,14H2. The number of rotatable bonds is 3. The predicted molar refractivity (Wildman–Crippen MR) is 103 cm³/mol. The number of hydrogen-bond acceptors (Lipinski definition) is 4. The van der Waals surface area contributed by atoms with Crippen LogP contribution in [0.5, 0.6) is 0 Å². The normalized spacial score (nSPS) is 17.9. The third-order valence-corrected chi connectivity index (χ3v) is 6.24. The van der Waals surface area contributed by atoms with Crippen LogP contribution >= 0.6 is 11.3 Å². The van der Waals surface area contributed by atoms with Crippen LogP contribution in [-0.4, -0.2) is 36.2 Å². The lowest BCUT2D eigenvalue weighted by molar-refractivity contribution is 0.0342. The van der Waals surface area contributed by atoms with Crippen molar-refractivity contribution >= 4 is 22.2 Å². The van der Waals surface area contributed by atoms with Crippen LogP contribution in [0, 0.1) is 0 Å². The van der Waals surface area contributed by atoms with Crippen LogP contribution < -0.4 is 0 Å². The molecule has 0 spiro atoms. The first-order chi connectivity index (χ1) is 12.4. The fraction of sp³-hybridized carbons (Fsp3) is 0.381. The van der Waals surface area contributed by atoms with Crippen molar-refractivity contribution in [2.45, 2.75) is 25.8 Å². The summed E-state index contributed by atoms with van der Waals surface area (Å²) in [6.45, 7) is 4.64. The second-order valence-electron chi connectivity index (χ2n) is 7.03. The molecule has 4 heteroatoms. The lowest BCUT2D eigenvalue weighted by Crippen LogP contribution is -2.35. The summed E-state index contributed by atoms with van der Waals surface area (Å²) in [7, 11) is 0. The van der Waals surface area contributed by atoms with Gasteiger partial charge in [0.25, 0.3) is 0 Å². The third-order valence-electron chi connectivity index (χ3n) is 5.36. The van der Waals surface area contributed by atoms with E-state index in [9.17, 15) is 0 Å². The van der Waals surface area contributed by atoms with E-state index in [0.717, 1.165) is 44.1 Å². The number of thiophene rings is 1. The van der Waals surface area contributed by atoms with Crippen LogP contribution in [-0.2, 0) is 24.1 Å². The maximum Gasteiger partial charge on any atom is 0.0854 e. The molecule has 1 saturated heterocycles. The smallest absolute Gasteiger partial charge is 0.0854 e. The quantitative estimate of drug-likeness (QED) is 0.705. The van der Waals surface area contributed by atoms with Crippen LogP contribution in [0.4, 0.5) is 0 Å². The van der Waals surface area contributed by atoms with Crippen LogP contribution in [0.3, 0.4) is 0 Å². The summed E-state index contributed by atoms with van der Waals surface area (Å²) in [6.07, 6.45) is 3.71. The van der Waals surface area contributed by atoms with Gasteiger partial charge in [0.1, 0.15) is 0 Å². The lowest BCUT2D eigenvalue weighted by atomic mass is 10.0. The largest absolute Gasteiger partial charge is 0.379 e. The van der Waals surface area contributed by atoms with Crippen LogP contribution in [0.15, 0.2) is 35.7 Å². The highest BCUT2D eigenvalue weighted by Gasteiger charge is 2.18. The topological polar surface area (TPSA) is 25.4 Å². The Hall–Kier alpha value is -1.75. The number of fused-ring (bicyclic) bond motifs is 2. The second kappa shape index (κ2) is 6.52. The van der Waals surface area contributed by atoms with Gasteiger partial charge in [-0.1, -0.05) is 6.07 Å². The van der Waals surface area contributed by atoms with Crippen molar-refractivity contribution in [3.8, 4) is 10.6 Å². The Morgan fingerprint density at radius 1 is 1.08 bits per heavy atom. The molecule has 0 bridgehead atoms. The Labute approximate surface area is 152 Å². The maximum atomic E-state index is 5.51. The van der Waals surface area contributed by atoms with Crippen LogP contribution in [0.1, 0.15) is 23.1 Å². The van der Waals surface area contributed by atoms with Gasteiger partial charge >= 0.3 is 0 Å². The van der Waals surface area contributed by atoms with Gasteiger partial charge in [0.2, 0.25) is 0 Å². The zero-order valence-electron chi connectivity index (χ0n) is 14.3. The van der Waals surface area contributed by atoms with E-state index in [0.29, 0.717) is 0 Å². The molecule has 0 radical (unpaired) electrons. The van der Waals surface area contributed by atoms with Gasteiger partial charge in [0, 0.05) is 25.0 Å². The molecule has 3 nitrogen and oxygen atoms in total. The SMILES string of the molecule is c1csc(-c2nc3cc4c(cc3cc2CN2CCOCC2)CCC4)c1. The van der Waals surface area contributed by atoms with Crippen molar-refractivity contribution in [3.63, 3.8) is 0 Å². The highest BCUT2D eigenvalue weighted by molar-refractivity contribution is 7.13. The number of morpholine rings is 1. The molecule has 1 aliphatic heterocycles. The Morgan fingerprint density at radius 3 is 2.72 bits per heavy atom. The molecule has 1 aliphatic carbocycles.